The van der Waals surface area contributed by atoms with E-state index in [-0.39, 0.29) is 0 Å². The summed E-state index contributed by atoms with van der Waals surface area (Å²) in [5.41, 5.74) is 1.17. The van der Waals surface area contributed by atoms with Gasteiger partial charge in [-0.1, -0.05) is 12.1 Å². The molecule has 3 rings (SSSR count). The maximum Gasteiger partial charge on any atom is 0.218 e. The summed E-state index contributed by atoms with van der Waals surface area (Å²) in [6.45, 7) is 5.48. The van der Waals surface area contributed by atoms with Gasteiger partial charge in [0.15, 0.2) is 0 Å². The van der Waals surface area contributed by atoms with Crippen molar-refractivity contribution >= 4 is 11.5 Å². The molecule has 1 aliphatic heterocycles. The summed E-state index contributed by atoms with van der Waals surface area (Å²) in [7, 11) is 1.72. The lowest BCUT2D eigenvalue weighted by atomic mass is 10.1. The van der Waals surface area contributed by atoms with Crippen molar-refractivity contribution in [2.75, 3.05) is 43.6 Å². The van der Waals surface area contributed by atoms with Crippen LogP contribution in [0.25, 0.3) is 0 Å². The van der Waals surface area contributed by atoms with E-state index in [0.29, 0.717) is 18.4 Å². The minimum atomic E-state index is 0.570. The fourth-order valence-electron chi connectivity index (χ4n) is 3.02. The van der Waals surface area contributed by atoms with Gasteiger partial charge in [0.2, 0.25) is 5.88 Å². The van der Waals surface area contributed by atoms with Crippen molar-refractivity contribution in [2.24, 2.45) is 5.92 Å². The van der Waals surface area contributed by atoms with Crippen LogP contribution < -0.4 is 19.7 Å². The number of hydrogen-bond acceptors (Lipinski definition) is 6. The minimum absolute atomic E-state index is 0.570. The molecular formula is C18H24N4O2. The second-order valence-corrected chi connectivity index (χ2v) is 5.83. The fourth-order valence-corrected chi connectivity index (χ4v) is 3.02. The highest BCUT2D eigenvalue weighted by Crippen LogP contribution is 2.32. The predicted molar refractivity (Wildman–Crippen MR) is 95.0 cm³/mol. The first-order chi connectivity index (χ1) is 11.8. The van der Waals surface area contributed by atoms with Gasteiger partial charge < -0.3 is 19.7 Å². The first-order valence-electron chi connectivity index (χ1n) is 8.36. The lowest BCUT2D eigenvalue weighted by molar-refractivity contribution is 0.326. The Morgan fingerprint density at radius 2 is 2.17 bits per heavy atom. The number of rotatable bonds is 7. The van der Waals surface area contributed by atoms with Gasteiger partial charge in [-0.25, -0.2) is 9.97 Å². The smallest absolute Gasteiger partial charge is 0.218 e. The Kier molecular flexibility index (Phi) is 5.36. The average Bonchev–Trinajstić information content (AvgIpc) is 3.09. The number of nitrogens with one attached hydrogen (secondary N) is 1. The van der Waals surface area contributed by atoms with Crippen molar-refractivity contribution < 1.29 is 9.47 Å². The molecule has 0 radical (unpaired) electrons. The van der Waals surface area contributed by atoms with Crippen molar-refractivity contribution in [1.82, 2.24) is 9.97 Å². The van der Waals surface area contributed by atoms with Crippen LogP contribution in [0, 0.1) is 5.92 Å². The van der Waals surface area contributed by atoms with E-state index in [2.05, 4.69) is 32.3 Å². The number of methoxy groups -OCH3 is 1. The Bertz CT molecular complexity index is 665. The van der Waals surface area contributed by atoms with Gasteiger partial charge in [-0.05, 0) is 31.4 Å². The highest BCUT2D eigenvalue weighted by molar-refractivity contribution is 5.59. The zero-order chi connectivity index (χ0) is 16.8. The quantitative estimate of drug-likeness (QED) is 0.843. The third-order valence-corrected chi connectivity index (χ3v) is 4.22. The number of hydrogen-bond donors (Lipinski definition) is 1. The Hall–Kier alpha value is -2.50. The van der Waals surface area contributed by atoms with Crippen molar-refractivity contribution in [3.63, 3.8) is 0 Å². The van der Waals surface area contributed by atoms with Gasteiger partial charge in [0, 0.05) is 25.7 Å². The number of anilines is 2. The van der Waals surface area contributed by atoms with Crippen LogP contribution in [-0.2, 0) is 0 Å². The zero-order valence-corrected chi connectivity index (χ0v) is 14.2. The van der Waals surface area contributed by atoms with Gasteiger partial charge in [0.05, 0.1) is 19.4 Å². The van der Waals surface area contributed by atoms with E-state index in [9.17, 15) is 0 Å². The van der Waals surface area contributed by atoms with E-state index < -0.39 is 0 Å². The second-order valence-electron chi connectivity index (χ2n) is 5.83. The summed E-state index contributed by atoms with van der Waals surface area (Å²) < 4.78 is 10.9. The molecule has 1 unspecified atom stereocenters. The van der Waals surface area contributed by atoms with Gasteiger partial charge in [0.25, 0.3) is 0 Å². The van der Waals surface area contributed by atoms with E-state index >= 15 is 0 Å². The molecule has 0 saturated carbocycles. The maximum absolute atomic E-state index is 5.47. The summed E-state index contributed by atoms with van der Waals surface area (Å²) in [5.74, 6) is 2.92. The molecule has 1 fully saturated rings. The van der Waals surface area contributed by atoms with Gasteiger partial charge in [-0.2, -0.15) is 0 Å². The van der Waals surface area contributed by atoms with E-state index in [1.165, 1.54) is 12.0 Å². The monoisotopic (exact) mass is 328 g/mol. The minimum Gasteiger partial charge on any atom is -0.495 e. The van der Waals surface area contributed by atoms with Gasteiger partial charge in [-0.15, -0.1) is 0 Å². The topological polar surface area (TPSA) is 59.5 Å². The molecule has 0 aliphatic carbocycles. The van der Waals surface area contributed by atoms with Crippen LogP contribution >= 0.6 is 0 Å². The zero-order valence-electron chi connectivity index (χ0n) is 14.2. The van der Waals surface area contributed by atoms with E-state index in [1.54, 1.807) is 7.11 Å². The molecule has 1 saturated heterocycles. The molecule has 0 amide bonds. The summed E-state index contributed by atoms with van der Waals surface area (Å²) >= 11 is 0. The Morgan fingerprint density at radius 3 is 3.00 bits per heavy atom. The summed E-state index contributed by atoms with van der Waals surface area (Å²) in [6.07, 6.45) is 2.68. The maximum atomic E-state index is 5.47. The molecule has 128 valence electrons. The van der Waals surface area contributed by atoms with Gasteiger partial charge >= 0.3 is 0 Å². The Labute approximate surface area is 142 Å². The largest absolute Gasteiger partial charge is 0.495 e. The number of para-hydroxylation sites is 2. The molecule has 2 heterocycles. The van der Waals surface area contributed by atoms with Gasteiger partial charge in [-0.3, -0.25) is 0 Å². The lowest BCUT2D eigenvalue weighted by Crippen LogP contribution is -2.23. The third kappa shape index (κ3) is 3.88. The summed E-state index contributed by atoms with van der Waals surface area (Å²) in [6, 6.07) is 10.0. The van der Waals surface area contributed by atoms with Crippen LogP contribution in [0.4, 0.5) is 11.5 Å². The lowest BCUT2D eigenvalue weighted by Gasteiger charge is -2.21. The standard InChI is InChI=1S/C18H24N4O2/c1-3-24-18-10-17(20-13-21-18)19-11-14-8-9-22(12-14)15-6-4-5-7-16(15)23-2/h4-7,10,13-14H,3,8-9,11-12H2,1-2H3,(H,19,20,21). The van der Waals surface area contributed by atoms with Crippen LogP contribution in [0.1, 0.15) is 13.3 Å². The van der Waals surface area contributed by atoms with Crippen LogP contribution in [0.15, 0.2) is 36.7 Å². The molecule has 1 aliphatic rings. The third-order valence-electron chi connectivity index (χ3n) is 4.22. The van der Waals surface area contributed by atoms with Crippen LogP contribution in [0.2, 0.25) is 0 Å². The molecule has 6 nitrogen and oxygen atoms in total. The molecular weight excluding hydrogens is 304 g/mol. The molecule has 24 heavy (non-hydrogen) atoms. The average molecular weight is 328 g/mol. The Morgan fingerprint density at radius 1 is 1.29 bits per heavy atom. The summed E-state index contributed by atoms with van der Waals surface area (Å²) in [5, 5.41) is 3.40. The van der Waals surface area contributed by atoms with Crippen LogP contribution in [0.3, 0.4) is 0 Å². The molecule has 2 aromatic rings. The Balaban J connectivity index is 1.56. The molecule has 0 spiro atoms. The van der Waals surface area contributed by atoms with Crippen LogP contribution in [0.5, 0.6) is 11.6 Å². The van der Waals surface area contributed by atoms with Crippen molar-refractivity contribution in [1.29, 1.82) is 0 Å². The fraction of sp³-hybridized carbons (Fsp3) is 0.444. The van der Waals surface area contributed by atoms with E-state index in [0.717, 1.165) is 37.6 Å². The highest BCUT2D eigenvalue weighted by atomic mass is 16.5. The predicted octanol–water partition coefficient (Wildman–Crippen LogP) is 2.82. The number of benzene rings is 1. The van der Waals surface area contributed by atoms with E-state index in [4.69, 9.17) is 9.47 Å². The highest BCUT2D eigenvalue weighted by Gasteiger charge is 2.24. The SMILES string of the molecule is CCOc1cc(NCC2CCN(c3ccccc3OC)C2)ncn1. The first kappa shape index (κ1) is 16.4. The number of aromatic nitrogens is 2. The molecule has 1 atom stereocenters. The number of ether oxygens (including phenoxy) is 2. The van der Waals surface area contributed by atoms with Crippen molar-refractivity contribution in [3.8, 4) is 11.6 Å². The number of nitrogens with zero attached hydrogens (tertiary/aromatic N) is 3. The molecule has 0 bridgehead atoms. The molecule has 6 heteroatoms. The van der Waals surface area contributed by atoms with Gasteiger partial charge in [0.1, 0.15) is 17.9 Å². The first-order valence-corrected chi connectivity index (χ1v) is 8.36. The van der Waals surface area contributed by atoms with Crippen molar-refractivity contribution in [3.05, 3.63) is 36.7 Å². The van der Waals surface area contributed by atoms with Crippen LogP contribution in [-0.4, -0.2) is 43.3 Å². The van der Waals surface area contributed by atoms with Crippen molar-refractivity contribution in [2.45, 2.75) is 13.3 Å². The molecule has 1 aromatic carbocycles. The summed E-state index contributed by atoms with van der Waals surface area (Å²) in [4.78, 5) is 10.7. The van der Waals surface area contributed by atoms with E-state index in [1.807, 2.05) is 25.1 Å². The molecule has 1 N–H and O–H groups in total. The second kappa shape index (κ2) is 7.86. The molecule has 1 aromatic heterocycles. The normalized spacial score (nSPS) is 16.9.